The molecule has 2 aromatic carbocycles. The molecule has 2 rings (SSSR count). The van der Waals surface area contributed by atoms with Crippen LogP contribution in [0.15, 0.2) is 61.2 Å². The normalized spacial score (nSPS) is 11.0. The minimum atomic E-state index is -3.74. The summed E-state index contributed by atoms with van der Waals surface area (Å²) in [6.45, 7) is 7.14. The number of sulfonamides is 1. The van der Waals surface area contributed by atoms with E-state index in [0.29, 0.717) is 11.4 Å². The number of para-hydroxylation sites is 1. The minimum absolute atomic E-state index is 0.0219. The third-order valence-electron chi connectivity index (χ3n) is 4.04. The van der Waals surface area contributed by atoms with Gasteiger partial charge in [-0.15, -0.1) is 6.58 Å². The molecule has 9 heteroatoms. The van der Waals surface area contributed by atoms with E-state index in [1.54, 1.807) is 54.6 Å². The Bertz CT molecular complexity index is 1030. The van der Waals surface area contributed by atoms with Gasteiger partial charge in [0.2, 0.25) is 15.9 Å². The topological polar surface area (TPSA) is 105 Å². The van der Waals surface area contributed by atoms with Gasteiger partial charge in [-0.3, -0.25) is 13.9 Å². The molecule has 0 fully saturated rings. The maximum absolute atomic E-state index is 12.7. The van der Waals surface area contributed by atoms with Gasteiger partial charge in [0.25, 0.3) is 5.91 Å². The van der Waals surface area contributed by atoms with Crippen LogP contribution >= 0.6 is 0 Å². The van der Waals surface area contributed by atoms with Crippen molar-refractivity contribution >= 4 is 33.2 Å². The van der Waals surface area contributed by atoms with E-state index in [1.165, 1.54) is 0 Å². The van der Waals surface area contributed by atoms with Crippen LogP contribution in [0.2, 0.25) is 0 Å². The number of benzene rings is 2. The van der Waals surface area contributed by atoms with Crippen LogP contribution in [-0.2, 0) is 14.8 Å². The highest BCUT2D eigenvalue weighted by Crippen LogP contribution is 2.23. The molecule has 2 aromatic rings. The Morgan fingerprint density at radius 1 is 1.13 bits per heavy atom. The number of hydrogen-bond acceptors (Lipinski definition) is 5. The predicted molar refractivity (Wildman–Crippen MR) is 122 cm³/mol. The molecule has 0 aromatic heterocycles. The smallest absolute Gasteiger partial charge is 0.253 e. The molecule has 0 unspecified atom stereocenters. The molecule has 2 N–H and O–H groups in total. The molecule has 0 radical (unpaired) electrons. The van der Waals surface area contributed by atoms with Crippen molar-refractivity contribution in [1.29, 1.82) is 0 Å². The van der Waals surface area contributed by atoms with Gasteiger partial charge >= 0.3 is 0 Å². The zero-order chi connectivity index (χ0) is 23.0. The summed E-state index contributed by atoms with van der Waals surface area (Å²) in [5, 5.41) is 5.27. The Balaban J connectivity index is 2.20. The van der Waals surface area contributed by atoms with Crippen LogP contribution in [0.5, 0.6) is 5.75 Å². The SMILES string of the molecule is C=CCNC(=O)c1ccccc1NC(=O)CN(c1ccc(OC(C)C)cc1)S(C)(=O)=O. The first kappa shape index (κ1) is 23.9. The van der Waals surface area contributed by atoms with Gasteiger partial charge < -0.3 is 15.4 Å². The third-order valence-corrected chi connectivity index (χ3v) is 5.18. The Morgan fingerprint density at radius 2 is 1.77 bits per heavy atom. The van der Waals surface area contributed by atoms with Gasteiger partial charge in [-0.05, 0) is 50.2 Å². The molecule has 0 aliphatic carbocycles. The summed E-state index contributed by atoms with van der Waals surface area (Å²) in [5.41, 5.74) is 0.868. The fourth-order valence-corrected chi connectivity index (χ4v) is 3.59. The molecular weight excluding hydrogens is 418 g/mol. The lowest BCUT2D eigenvalue weighted by Crippen LogP contribution is -2.37. The molecule has 8 nitrogen and oxygen atoms in total. The first-order valence-electron chi connectivity index (χ1n) is 9.64. The summed E-state index contributed by atoms with van der Waals surface area (Å²) in [7, 11) is -3.74. The summed E-state index contributed by atoms with van der Waals surface area (Å²) in [4.78, 5) is 24.9. The van der Waals surface area contributed by atoms with Crippen LogP contribution in [-0.4, -0.2) is 45.7 Å². The van der Waals surface area contributed by atoms with Crippen molar-refractivity contribution in [1.82, 2.24) is 5.32 Å². The Morgan fingerprint density at radius 3 is 2.35 bits per heavy atom. The molecule has 0 bridgehead atoms. The zero-order valence-electron chi connectivity index (χ0n) is 17.8. The van der Waals surface area contributed by atoms with E-state index < -0.39 is 22.5 Å². The van der Waals surface area contributed by atoms with E-state index in [9.17, 15) is 18.0 Å². The van der Waals surface area contributed by atoms with Crippen molar-refractivity contribution in [3.63, 3.8) is 0 Å². The molecule has 0 aliphatic rings. The van der Waals surface area contributed by atoms with Gasteiger partial charge in [0.15, 0.2) is 0 Å². The number of amides is 2. The predicted octanol–water partition coefficient (Wildman–Crippen LogP) is 2.79. The quantitative estimate of drug-likeness (QED) is 0.547. The van der Waals surface area contributed by atoms with E-state index in [4.69, 9.17) is 4.74 Å². The van der Waals surface area contributed by atoms with Gasteiger partial charge in [-0.1, -0.05) is 18.2 Å². The van der Waals surface area contributed by atoms with E-state index >= 15 is 0 Å². The van der Waals surface area contributed by atoms with Crippen LogP contribution in [0.4, 0.5) is 11.4 Å². The van der Waals surface area contributed by atoms with Crippen molar-refractivity contribution in [2.45, 2.75) is 20.0 Å². The largest absolute Gasteiger partial charge is 0.491 e. The number of carbonyl (C=O) groups excluding carboxylic acids is 2. The Hall–Kier alpha value is -3.33. The molecule has 2 amide bonds. The van der Waals surface area contributed by atoms with Gasteiger partial charge in [0.1, 0.15) is 12.3 Å². The van der Waals surface area contributed by atoms with Crippen molar-refractivity contribution < 1.29 is 22.7 Å². The monoisotopic (exact) mass is 445 g/mol. The van der Waals surface area contributed by atoms with Gasteiger partial charge in [0.05, 0.1) is 29.3 Å². The van der Waals surface area contributed by atoms with Gasteiger partial charge in [0, 0.05) is 6.54 Å². The van der Waals surface area contributed by atoms with Crippen LogP contribution in [0.1, 0.15) is 24.2 Å². The van der Waals surface area contributed by atoms with Crippen molar-refractivity contribution in [2.75, 3.05) is 29.0 Å². The minimum Gasteiger partial charge on any atom is -0.491 e. The second-order valence-corrected chi connectivity index (χ2v) is 8.93. The maximum Gasteiger partial charge on any atom is 0.253 e. The first-order valence-corrected chi connectivity index (χ1v) is 11.5. The fourth-order valence-electron chi connectivity index (χ4n) is 2.73. The number of hydrogen-bond donors (Lipinski definition) is 2. The molecule has 0 saturated heterocycles. The van der Waals surface area contributed by atoms with Crippen LogP contribution < -0.4 is 19.7 Å². The molecule has 0 spiro atoms. The second kappa shape index (κ2) is 10.6. The van der Waals surface area contributed by atoms with Crippen molar-refractivity contribution in [3.8, 4) is 5.75 Å². The van der Waals surface area contributed by atoms with Crippen LogP contribution in [0.25, 0.3) is 0 Å². The van der Waals surface area contributed by atoms with Crippen molar-refractivity contribution in [3.05, 3.63) is 66.7 Å². The van der Waals surface area contributed by atoms with E-state index in [1.807, 2.05) is 13.8 Å². The van der Waals surface area contributed by atoms with Gasteiger partial charge in [-0.2, -0.15) is 0 Å². The highest BCUT2D eigenvalue weighted by molar-refractivity contribution is 7.92. The van der Waals surface area contributed by atoms with Crippen molar-refractivity contribution in [2.24, 2.45) is 0 Å². The Kier molecular flexibility index (Phi) is 8.21. The zero-order valence-corrected chi connectivity index (χ0v) is 18.6. The summed E-state index contributed by atoms with van der Waals surface area (Å²) < 4.78 is 31.2. The standard InChI is InChI=1S/C22H27N3O5S/c1-5-14-23-22(27)19-8-6-7-9-20(19)24-21(26)15-25(31(4,28)29)17-10-12-18(13-11-17)30-16(2)3/h5-13,16H,1,14-15H2,2-4H3,(H,23,27)(H,24,26). The Labute approximate surface area is 183 Å². The van der Waals surface area contributed by atoms with Crippen LogP contribution in [0.3, 0.4) is 0 Å². The molecular formula is C22H27N3O5S. The van der Waals surface area contributed by atoms with Gasteiger partial charge in [-0.25, -0.2) is 8.42 Å². The lowest BCUT2D eigenvalue weighted by Gasteiger charge is -2.22. The molecule has 0 aliphatic heterocycles. The van der Waals surface area contributed by atoms with E-state index in [0.717, 1.165) is 10.6 Å². The summed E-state index contributed by atoms with van der Waals surface area (Å²) in [6, 6.07) is 12.9. The lowest BCUT2D eigenvalue weighted by molar-refractivity contribution is -0.114. The average molecular weight is 446 g/mol. The maximum atomic E-state index is 12.7. The number of rotatable bonds is 10. The molecule has 31 heavy (non-hydrogen) atoms. The third kappa shape index (κ3) is 7.14. The highest BCUT2D eigenvalue weighted by atomic mass is 32.2. The van der Waals surface area contributed by atoms with E-state index in [-0.39, 0.29) is 29.8 Å². The molecule has 166 valence electrons. The lowest BCUT2D eigenvalue weighted by atomic mass is 10.1. The summed E-state index contributed by atoms with van der Waals surface area (Å²) >= 11 is 0. The average Bonchev–Trinajstić information content (AvgIpc) is 2.70. The highest BCUT2D eigenvalue weighted by Gasteiger charge is 2.22. The summed E-state index contributed by atoms with van der Waals surface area (Å²) in [6.07, 6.45) is 2.54. The van der Waals surface area contributed by atoms with Crippen LogP contribution in [0, 0.1) is 0 Å². The number of ether oxygens (including phenoxy) is 1. The molecule has 0 atom stereocenters. The second-order valence-electron chi connectivity index (χ2n) is 7.02. The summed E-state index contributed by atoms with van der Waals surface area (Å²) in [5.74, 6) is -0.371. The number of nitrogens with zero attached hydrogens (tertiary/aromatic N) is 1. The number of anilines is 2. The molecule has 0 saturated carbocycles. The number of nitrogens with one attached hydrogen (secondary N) is 2. The van der Waals surface area contributed by atoms with E-state index in [2.05, 4.69) is 17.2 Å². The molecule has 0 heterocycles. The number of carbonyl (C=O) groups is 2. The fraction of sp³-hybridized carbons (Fsp3) is 0.273. The first-order chi connectivity index (χ1) is 14.6.